The van der Waals surface area contributed by atoms with Crippen molar-refractivity contribution in [1.29, 1.82) is 0 Å². The molecule has 1 aliphatic rings. The van der Waals surface area contributed by atoms with Gasteiger partial charge in [-0.2, -0.15) is 0 Å². The van der Waals surface area contributed by atoms with Crippen LogP contribution in [0.5, 0.6) is 0 Å². The number of hydrogen-bond acceptors (Lipinski definition) is 3. The van der Waals surface area contributed by atoms with Crippen molar-refractivity contribution < 1.29 is 14.7 Å². The van der Waals surface area contributed by atoms with Gasteiger partial charge in [0, 0.05) is 42.6 Å². The number of benzene rings is 1. The topological polar surface area (TPSA) is 69.6 Å². The van der Waals surface area contributed by atoms with Crippen LogP contribution in [-0.2, 0) is 4.79 Å². The number of rotatable bonds is 3. The van der Waals surface area contributed by atoms with E-state index in [4.69, 9.17) is 0 Å². The number of halogens is 1. The highest BCUT2D eigenvalue weighted by Crippen LogP contribution is 2.22. The van der Waals surface area contributed by atoms with E-state index in [1.807, 2.05) is 19.1 Å². The SMILES string of the molecule is CC(=O)NC1CN(C(=O)c2ccc(Br)c(C)c2)CC1CO. The van der Waals surface area contributed by atoms with Crippen molar-refractivity contribution in [3.63, 3.8) is 0 Å². The Hall–Kier alpha value is -1.40. The van der Waals surface area contributed by atoms with Crippen LogP contribution >= 0.6 is 15.9 Å². The summed E-state index contributed by atoms with van der Waals surface area (Å²) in [5.74, 6) is -0.335. The summed E-state index contributed by atoms with van der Waals surface area (Å²) in [7, 11) is 0. The van der Waals surface area contributed by atoms with Gasteiger partial charge in [0.1, 0.15) is 0 Å². The predicted octanol–water partition coefficient (Wildman–Crippen LogP) is 1.33. The standard InChI is InChI=1S/C15H19BrN2O3/c1-9-5-11(3-4-13(9)16)15(21)18-6-12(8-19)14(7-18)17-10(2)20/h3-5,12,14,19H,6-8H2,1-2H3,(H,17,20). The fourth-order valence-corrected chi connectivity index (χ4v) is 2.85. The first-order chi connectivity index (χ1) is 9.92. The zero-order chi connectivity index (χ0) is 15.6. The van der Waals surface area contributed by atoms with Crippen molar-refractivity contribution in [1.82, 2.24) is 10.2 Å². The molecule has 0 aliphatic carbocycles. The van der Waals surface area contributed by atoms with Crippen molar-refractivity contribution in [3.8, 4) is 0 Å². The molecule has 1 aliphatic heterocycles. The number of hydrogen-bond donors (Lipinski definition) is 2. The molecule has 2 unspecified atom stereocenters. The lowest BCUT2D eigenvalue weighted by Crippen LogP contribution is -2.40. The summed E-state index contributed by atoms with van der Waals surface area (Å²) in [4.78, 5) is 25.4. The normalized spacial score (nSPS) is 21.4. The van der Waals surface area contributed by atoms with E-state index in [1.54, 1.807) is 11.0 Å². The van der Waals surface area contributed by atoms with Crippen LogP contribution < -0.4 is 5.32 Å². The minimum absolute atomic E-state index is 0.0475. The Bertz CT molecular complexity index is 562. The van der Waals surface area contributed by atoms with E-state index in [9.17, 15) is 14.7 Å². The van der Waals surface area contributed by atoms with Crippen molar-refractivity contribution in [2.45, 2.75) is 19.9 Å². The Morgan fingerprint density at radius 3 is 2.71 bits per heavy atom. The van der Waals surface area contributed by atoms with E-state index in [0.717, 1.165) is 10.0 Å². The molecule has 5 nitrogen and oxygen atoms in total. The quantitative estimate of drug-likeness (QED) is 0.860. The molecule has 1 aromatic carbocycles. The highest BCUT2D eigenvalue weighted by Gasteiger charge is 2.35. The molecule has 0 spiro atoms. The Labute approximate surface area is 132 Å². The van der Waals surface area contributed by atoms with E-state index in [2.05, 4.69) is 21.2 Å². The number of carbonyl (C=O) groups excluding carboxylic acids is 2. The third kappa shape index (κ3) is 3.63. The number of aryl methyl sites for hydroxylation is 1. The van der Waals surface area contributed by atoms with Gasteiger partial charge in [0.25, 0.3) is 5.91 Å². The lowest BCUT2D eigenvalue weighted by Gasteiger charge is -2.17. The molecule has 1 saturated heterocycles. The molecule has 6 heteroatoms. The minimum Gasteiger partial charge on any atom is -0.396 e. The summed E-state index contributed by atoms with van der Waals surface area (Å²) in [6.07, 6.45) is 0. The van der Waals surface area contributed by atoms with Crippen LogP contribution in [0.4, 0.5) is 0 Å². The molecule has 0 radical (unpaired) electrons. The minimum atomic E-state index is -0.187. The lowest BCUT2D eigenvalue weighted by molar-refractivity contribution is -0.119. The van der Waals surface area contributed by atoms with Crippen LogP contribution in [0.15, 0.2) is 22.7 Å². The van der Waals surface area contributed by atoms with E-state index in [-0.39, 0.29) is 30.4 Å². The number of likely N-dealkylation sites (tertiary alicyclic amines) is 1. The second kappa shape index (κ2) is 6.58. The van der Waals surface area contributed by atoms with Gasteiger partial charge >= 0.3 is 0 Å². The summed E-state index contributed by atoms with van der Waals surface area (Å²) in [6.45, 7) is 4.21. The monoisotopic (exact) mass is 354 g/mol. The van der Waals surface area contributed by atoms with Gasteiger partial charge in [0.15, 0.2) is 0 Å². The van der Waals surface area contributed by atoms with Gasteiger partial charge < -0.3 is 15.3 Å². The number of carbonyl (C=O) groups is 2. The van der Waals surface area contributed by atoms with Gasteiger partial charge in [0.2, 0.25) is 5.91 Å². The summed E-state index contributed by atoms with van der Waals surface area (Å²) in [5, 5.41) is 12.2. The Morgan fingerprint density at radius 2 is 2.14 bits per heavy atom. The molecule has 1 heterocycles. The molecule has 0 aromatic heterocycles. The van der Waals surface area contributed by atoms with Crippen LogP contribution in [0.3, 0.4) is 0 Å². The second-order valence-corrected chi connectivity index (χ2v) is 6.28. The Kier molecular flexibility index (Phi) is 5.00. The zero-order valence-electron chi connectivity index (χ0n) is 12.1. The first kappa shape index (κ1) is 16.0. The van der Waals surface area contributed by atoms with Gasteiger partial charge in [-0.3, -0.25) is 9.59 Å². The van der Waals surface area contributed by atoms with Gasteiger partial charge in [-0.05, 0) is 30.7 Å². The van der Waals surface area contributed by atoms with Crippen LogP contribution in [0, 0.1) is 12.8 Å². The molecule has 2 amide bonds. The van der Waals surface area contributed by atoms with Crippen LogP contribution in [-0.4, -0.2) is 47.6 Å². The number of aliphatic hydroxyl groups excluding tert-OH is 1. The molecule has 0 bridgehead atoms. The largest absolute Gasteiger partial charge is 0.396 e. The van der Waals surface area contributed by atoms with Gasteiger partial charge in [-0.15, -0.1) is 0 Å². The van der Waals surface area contributed by atoms with Gasteiger partial charge in [0.05, 0.1) is 6.04 Å². The molecule has 1 aromatic rings. The molecule has 114 valence electrons. The summed E-state index contributed by atoms with van der Waals surface area (Å²) < 4.78 is 0.963. The predicted molar refractivity (Wildman–Crippen MR) is 83.0 cm³/mol. The van der Waals surface area contributed by atoms with Crippen molar-refractivity contribution in [2.75, 3.05) is 19.7 Å². The van der Waals surface area contributed by atoms with E-state index >= 15 is 0 Å². The average Bonchev–Trinajstić information content (AvgIpc) is 2.83. The average molecular weight is 355 g/mol. The van der Waals surface area contributed by atoms with E-state index < -0.39 is 0 Å². The number of aliphatic hydroxyl groups is 1. The third-order valence-electron chi connectivity index (χ3n) is 3.76. The molecule has 2 rings (SSSR count). The number of nitrogens with one attached hydrogen (secondary N) is 1. The summed E-state index contributed by atoms with van der Waals surface area (Å²) >= 11 is 3.41. The maximum absolute atomic E-state index is 12.5. The van der Waals surface area contributed by atoms with Gasteiger partial charge in [-0.1, -0.05) is 15.9 Å². The summed E-state index contributed by atoms with van der Waals surface area (Å²) in [6, 6.07) is 5.28. The second-order valence-electron chi connectivity index (χ2n) is 5.42. The molecule has 21 heavy (non-hydrogen) atoms. The third-order valence-corrected chi connectivity index (χ3v) is 4.65. The van der Waals surface area contributed by atoms with E-state index in [0.29, 0.717) is 18.7 Å². The van der Waals surface area contributed by atoms with Crippen molar-refractivity contribution in [3.05, 3.63) is 33.8 Å². The van der Waals surface area contributed by atoms with Gasteiger partial charge in [-0.25, -0.2) is 0 Å². The molecule has 2 atom stereocenters. The molecule has 1 fully saturated rings. The van der Waals surface area contributed by atoms with Crippen LogP contribution in [0.1, 0.15) is 22.8 Å². The fraction of sp³-hybridized carbons (Fsp3) is 0.467. The van der Waals surface area contributed by atoms with Crippen LogP contribution in [0.25, 0.3) is 0 Å². The first-order valence-corrected chi connectivity index (χ1v) is 7.65. The number of nitrogens with zero attached hydrogens (tertiary/aromatic N) is 1. The van der Waals surface area contributed by atoms with E-state index in [1.165, 1.54) is 6.92 Å². The Balaban J connectivity index is 2.13. The molecule has 0 saturated carbocycles. The van der Waals surface area contributed by atoms with Crippen LogP contribution in [0.2, 0.25) is 0 Å². The maximum Gasteiger partial charge on any atom is 0.253 e. The lowest BCUT2D eigenvalue weighted by atomic mass is 10.1. The zero-order valence-corrected chi connectivity index (χ0v) is 13.7. The highest BCUT2D eigenvalue weighted by molar-refractivity contribution is 9.10. The van der Waals surface area contributed by atoms with Crippen molar-refractivity contribution in [2.24, 2.45) is 5.92 Å². The smallest absolute Gasteiger partial charge is 0.253 e. The number of amides is 2. The summed E-state index contributed by atoms with van der Waals surface area (Å²) in [5.41, 5.74) is 1.62. The molecule has 2 N–H and O–H groups in total. The first-order valence-electron chi connectivity index (χ1n) is 6.85. The Morgan fingerprint density at radius 1 is 1.43 bits per heavy atom. The maximum atomic E-state index is 12.5. The fourth-order valence-electron chi connectivity index (χ4n) is 2.61. The molecular formula is C15H19BrN2O3. The van der Waals surface area contributed by atoms with Crippen molar-refractivity contribution >= 4 is 27.7 Å². The molecular weight excluding hydrogens is 336 g/mol. The highest BCUT2D eigenvalue weighted by atomic mass is 79.9.